The van der Waals surface area contributed by atoms with Gasteiger partial charge in [-0.25, -0.2) is 9.59 Å². The Labute approximate surface area is 165 Å². The van der Waals surface area contributed by atoms with E-state index in [4.69, 9.17) is 9.47 Å². The number of benzene rings is 1. The Morgan fingerprint density at radius 1 is 1.29 bits per heavy atom. The molecule has 0 spiro atoms. The molecule has 0 N–H and O–H groups in total. The maximum absolute atomic E-state index is 12.3. The third-order valence-corrected chi connectivity index (χ3v) is 6.72. The molecule has 0 aromatic heterocycles. The maximum atomic E-state index is 12.3. The minimum atomic E-state index is -0.351. The SMILES string of the molecule is C=C1C(=O)O[C@@H]2C[C@@]3(C)CC[C@@H](OC(=O)/C=C/c4ccccc4)C(=C)[C@@H]3C[C@H]12. The van der Waals surface area contributed by atoms with Crippen molar-refractivity contribution in [1.29, 1.82) is 0 Å². The first-order valence-electron chi connectivity index (χ1n) is 9.89. The van der Waals surface area contributed by atoms with Crippen LogP contribution in [0.3, 0.4) is 0 Å². The van der Waals surface area contributed by atoms with Crippen molar-refractivity contribution >= 4 is 18.0 Å². The second kappa shape index (κ2) is 7.08. The smallest absolute Gasteiger partial charge is 0.334 e. The van der Waals surface area contributed by atoms with Crippen LogP contribution in [0.4, 0.5) is 0 Å². The average Bonchev–Trinajstić information content (AvgIpc) is 2.95. The predicted octanol–water partition coefficient (Wildman–Crippen LogP) is 4.48. The second-order valence-electron chi connectivity index (χ2n) is 8.51. The van der Waals surface area contributed by atoms with E-state index in [1.165, 1.54) is 6.08 Å². The molecule has 0 amide bonds. The van der Waals surface area contributed by atoms with Crippen molar-refractivity contribution < 1.29 is 19.1 Å². The van der Waals surface area contributed by atoms with Gasteiger partial charge in [-0.1, -0.05) is 50.4 Å². The summed E-state index contributed by atoms with van der Waals surface area (Å²) in [5, 5.41) is 0. The molecule has 28 heavy (non-hydrogen) atoms. The van der Waals surface area contributed by atoms with E-state index >= 15 is 0 Å². The maximum Gasteiger partial charge on any atom is 0.334 e. The van der Waals surface area contributed by atoms with Crippen molar-refractivity contribution in [2.24, 2.45) is 17.3 Å². The van der Waals surface area contributed by atoms with Gasteiger partial charge >= 0.3 is 11.9 Å². The summed E-state index contributed by atoms with van der Waals surface area (Å²) in [6.45, 7) is 10.5. The summed E-state index contributed by atoms with van der Waals surface area (Å²) >= 11 is 0. The van der Waals surface area contributed by atoms with Gasteiger partial charge in [-0.15, -0.1) is 0 Å². The van der Waals surface area contributed by atoms with Gasteiger partial charge in [0.2, 0.25) is 0 Å². The van der Waals surface area contributed by atoms with Crippen LogP contribution in [0.15, 0.2) is 60.7 Å². The highest BCUT2D eigenvalue weighted by atomic mass is 16.6. The number of esters is 2. The van der Waals surface area contributed by atoms with Crippen molar-refractivity contribution in [3.63, 3.8) is 0 Å². The Bertz CT molecular complexity index is 853. The lowest BCUT2D eigenvalue weighted by molar-refractivity contribution is -0.147. The Balaban J connectivity index is 1.44. The molecule has 1 aliphatic heterocycles. The average molecular weight is 378 g/mol. The first-order chi connectivity index (χ1) is 13.4. The highest BCUT2D eigenvalue weighted by Crippen LogP contribution is 2.57. The summed E-state index contributed by atoms with van der Waals surface area (Å²) in [5.41, 5.74) is 2.51. The van der Waals surface area contributed by atoms with Crippen molar-refractivity contribution in [3.8, 4) is 0 Å². The fourth-order valence-electron chi connectivity index (χ4n) is 5.08. The van der Waals surface area contributed by atoms with Gasteiger partial charge in [0, 0.05) is 17.6 Å². The lowest BCUT2D eigenvalue weighted by Crippen LogP contribution is -2.47. The molecule has 0 unspecified atom stereocenters. The summed E-state index contributed by atoms with van der Waals surface area (Å²) in [5.74, 6) is -0.368. The van der Waals surface area contributed by atoms with Gasteiger partial charge in [0.15, 0.2) is 0 Å². The van der Waals surface area contributed by atoms with E-state index in [-0.39, 0.29) is 41.4 Å². The standard InChI is InChI=1S/C24H26O4/c1-15-18-13-19-16(2)20(11-12-24(19,3)14-21(18)28-23(15)26)27-22(25)10-9-17-7-5-4-6-8-17/h4-10,18-21H,1-2,11-14H2,3H3/b10-9+/t18-,19+,20-,21-,24-/m1/s1. The Morgan fingerprint density at radius 2 is 2.04 bits per heavy atom. The molecule has 1 saturated heterocycles. The molecule has 1 aromatic rings. The quantitative estimate of drug-likeness (QED) is 0.442. The molecule has 3 aliphatic rings. The Morgan fingerprint density at radius 3 is 2.79 bits per heavy atom. The van der Waals surface area contributed by atoms with Crippen LogP contribution in [0.1, 0.15) is 38.2 Å². The number of fused-ring (bicyclic) bond motifs is 2. The first-order valence-corrected chi connectivity index (χ1v) is 9.89. The van der Waals surface area contributed by atoms with Crippen molar-refractivity contribution in [2.75, 3.05) is 0 Å². The number of rotatable bonds is 3. The fourth-order valence-corrected chi connectivity index (χ4v) is 5.08. The number of hydrogen-bond acceptors (Lipinski definition) is 4. The molecular weight excluding hydrogens is 352 g/mol. The molecular formula is C24H26O4. The number of ether oxygens (including phenoxy) is 2. The molecule has 146 valence electrons. The first kappa shape index (κ1) is 18.7. The van der Waals surface area contributed by atoms with Gasteiger partial charge in [-0.2, -0.15) is 0 Å². The van der Waals surface area contributed by atoms with Gasteiger partial charge in [0.25, 0.3) is 0 Å². The van der Waals surface area contributed by atoms with E-state index in [1.54, 1.807) is 6.08 Å². The van der Waals surface area contributed by atoms with Gasteiger partial charge in [-0.05, 0) is 54.2 Å². The molecule has 5 atom stereocenters. The normalized spacial score (nSPS) is 34.7. The highest BCUT2D eigenvalue weighted by molar-refractivity contribution is 5.91. The molecule has 4 nitrogen and oxygen atoms in total. The van der Waals surface area contributed by atoms with Crippen LogP contribution in [-0.4, -0.2) is 24.1 Å². The van der Waals surface area contributed by atoms with Crippen molar-refractivity contribution in [1.82, 2.24) is 0 Å². The third kappa shape index (κ3) is 3.32. The zero-order chi connectivity index (χ0) is 19.9. The zero-order valence-electron chi connectivity index (χ0n) is 16.2. The summed E-state index contributed by atoms with van der Waals surface area (Å²) < 4.78 is 11.3. The van der Waals surface area contributed by atoms with E-state index in [0.29, 0.717) is 5.57 Å². The fraction of sp³-hybridized carbons (Fsp3) is 0.417. The summed E-state index contributed by atoms with van der Waals surface area (Å²) in [4.78, 5) is 24.2. The number of carbonyl (C=O) groups is 2. The summed E-state index contributed by atoms with van der Waals surface area (Å²) in [7, 11) is 0. The number of carbonyl (C=O) groups excluding carboxylic acids is 2. The lowest BCUT2D eigenvalue weighted by Gasteiger charge is -2.51. The van der Waals surface area contributed by atoms with Crippen LogP contribution in [0.2, 0.25) is 0 Å². The Kier molecular flexibility index (Phi) is 4.74. The van der Waals surface area contributed by atoms with Crippen LogP contribution < -0.4 is 0 Å². The minimum absolute atomic E-state index is 0.0198. The summed E-state index contributed by atoms with van der Waals surface area (Å²) in [6, 6.07) is 9.66. The molecule has 1 aromatic carbocycles. The van der Waals surface area contributed by atoms with Crippen molar-refractivity contribution in [2.45, 2.75) is 44.8 Å². The zero-order valence-corrected chi connectivity index (χ0v) is 16.2. The van der Waals surface area contributed by atoms with Gasteiger partial charge in [0.05, 0.1) is 0 Å². The van der Waals surface area contributed by atoms with Crippen LogP contribution in [0.25, 0.3) is 6.08 Å². The van der Waals surface area contributed by atoms with Crippen LogP contribution in [0, 0.1) is 17.3 Å². The molecule has 1 heterocycles. The molecule has 0 radical (unpaired) electrons. The molecule has 4 heteroatoms. The predicted molar refractivity (Wildman–Crippen MR) is 107 cm³/mol. The molecule has 0 bridgehead atoms. The molecule has 2 aliphatic carbocycles. The lowest BCUT2D eigenvalue weighted by atomic mass is 9.55. The molecule has 3 fully saturated rings. The monoisotopic (exact) mass is 378 g/mol. The molecule has 2 saturated carbocycles. The van der Waals surface area contributed by atoms with Crippen LogP contribution in [0.5, 0.6) is 0 Å². The number of hydrogen-bond donors (Lipinski definition) is 0. The van der Waals surface area contributed by atoms with E-state index in [0.717, 1.165) is 36.8 Å². The minimum Gasteiger partial charge on any atom is -0.458 e. The van der Waals surface area contributed by atoms with E-state index in [1.807, 2.05) is 30.3 Å². The highest BCUT2D eigenvalue weighted by Gasteiger charge is 2.54. The van der Waals surface area contributed by atoms with Gasteiger partial charge in [-0.3, -0.25) is 0 Å². The molecule has 4 rings (SSSR count). The second-order valence-corrected chi connectivity index (χ2v) is 8.51. The van der Waals surface area contributed by atoms with Crippen molar-refractivity contribution in [3.05, 3.63) is 66.3 Å². The van der Waals surface area contributed by atoms with E-state index < -0.39 is 0 Å². The third-order valence-electron chi connectivity index (χ3n) is 6.72. The van der Waals surface area contributed by atoms with E-state index in [9.17, 15) is 9.59 Å². The Hall–Kier alpha value is -2.62. The van der Waals surface area contributed by atoms with Crippen LogP contribution in [-0.2, 0) is 19.1 Å². The largest absolute Gasteiger partial charge is 0.458 e. The summed E-state index contributed by atoms with van der Waals surface area (Å²) in [6.07, 6.45) is 6.16. The van der Waals surface area contributed by atoms with Gasteiger partial charge < -0.3 is 9.47 Å². The van der Waals surface area contributed by atoms with Gasteiger partial charge in [0.1, 0.15) is 12.2 Å². The van der Waals surface area contributed by atoms with E-state index in [2.05, 4.69) is 20.1 Å². The van der Waals surface area contributed by atoms with Crippen LogP contribution >= 0.6 is 0 Å². The topological polar surface area (TPSA) is 52.6 Å².